The minimum Gasteiger partial charge on any atom is -0.366 e. The molecular formula is C17H12F2N4O2. The number of halogens is 2. The number of nitrogens with one attached hydrogen (secondary N) is 1. The van der Waals surface area contributed by atoms with Crippen LogP contribution >= 0.6 is 0 Å². The molecular weight excluding hydrogens is 330 g/mol. The van der Waals surface area contributed by atoms with E-state index in [2.05, 4.69) is 10.4 Å². The summed E-state index contributed by atoms with van der Waals surface area (Å²) < 4.78 is 28.1. The number of rotatable bonds is 4. The zero-order valence-electron chi connectivity index (χ0n) is 12.7. The summed E-state index contributed by atoms with van der Waals surface area (Å²) in [5, 5.41) is 6.56. The molecule has 0 aliphatic heterocycles. The maximum atomic E-state index is 13.7. The lowest BCUT2D eigenvalue weighted by Gasteiger charge is -2.05. The molecule has 0 saturated heterocycles. The van der Waals surface area contributed by atoms with E-state index < -0.39 is 17.6 Å². The molecule has 0 unspecified atom stereocenters. The van der Waals surface area contributed by atoms with Crippen molar-refractivity contribution in [2.45, 2.75) is 0 Å². The third-order valence-corrected chi connectivity index (χ3v) is 3.41. The van der Waals surface area contributed by atoms with E-state index in [1.165, 1.54) is 47.1 Å². The fourth-order valence-electron chi connectivity index (χ4n) is 2.17. The van der Waals surface area contributed by atoms with Gasteiger partial charge in [0, 0.05) is 11.9 Å². The molecule has 0 atom stereocenters. The Balaban J connectivity index is 1.77. The molecule has 25 heavy (non-hydrogen) atoms. The summed E-state index contributed by atoms with van der Waals surface area (Å²) in [4.78, 5) is 23.2. The minimum atomic E-state index is -0.895. The molecule has 2 amide bonds. The van der Waals surface area contributed by atoms with E-state index in [1.54, 1.807) is 6.20 Å². The van der Waals surface area contributed by atoms with Gasteiger partial charge in [0.05, 0.1) is 11.3 Å². The predicted molar refractivity (Wildman–Crippen MR) is 86.4 cm³/mol. The highest BCUT2D eigenvalue weighted by Gasteiger charge is 2.13. The van der Waals surface area contributed by atoms with Crippen LogP contribution in [0.15, 0.2) is 54.7 Å². The SMILES string of the molecule is NC(=O)c1ccc(NC(=O)c2ccn(-c3ccc(F)cc3)n2)cc1F. The van der Waals surface area contributed by atoms with Gasteiger partial charge < -0.3 is 11.1 Å². The van der Waals surface area contributed by atoms with Crippen LogP contribution in [0, 0.1) is 11.6 Å². The smallest absolute Gasteiger partial charge is 0.276 e. The van der Waals surface area contributed by atoms with E-state index in [0.29, 0.717) is 5.69 Å². The second-order valence-corrected chi connectivity index (χ2v) is 5.13. The van der Waals surface area contributed by atoms with E-state index in [-0.39, 0.29) is 22.8 Å². The summed E-state index contributed by atoms with van der Waals surface area (Å²) in [5.74, 6) is -2.67. The van der Waals surface area contributed by atoms with E-state index >= 15 is 0 Å². The van der Waals surface area contributed by atoms with Crippen molar-refractivity contribution in [2.24, 2.45) is 5.73 Å². The number of hydrogen-bond donors (Lipinski definition) is 2. The summed E-state index contributed by atoms with van der Waals surface area (Å²) in [6.07, 6.45) is 1.54. The minimum absolute atomic E-state index is 0.0868. The van der Waals surface area contributed by atoms with E-state index in [0.717, 1.165) is 6.07 Å². The fraction of sp³-hybridized carbons (Fsp3) is 0. The number of nitrogens with two attached hydrogens (primary N) is 1. The van der Waals surface area contributed by atoms with E-state index in [1.807, 2.05) is 0 Å². The normalized spacial score (nSPS) is 10.5. The Labute approximate surface area is 140 Å². The maximum Gasteiger partial charge on any atom is 0.276 e. The number of aromatic nitrogens is 2. The zero-order chi connectivity index (χ0) is 18.0. The zero-order valence-corrected chi connectivity index (χ0v) is 12.7. The molecule has 0 aliphatic rings. The van der Waals surface area contributed by atoms with Gasteiger partial charge in [0.15, 0.2) is 5.69 Å². The van der Waals surface area contributed by atoms with Gasteiger partial charge in [-0.15, -0.1) is 0 Å². The van der Waals surface area contributed by atoms with Crippen LogP contribution in [0.25, 0.3) is 5.69 Å². The standard InChI is InChI=1S/C17H12F2N4O2/c18-10-1-4-12(5-2-10)23-8-7-15(22-23)17(25)21-11-3-6-13(16(20)24)14(19)9-11/h1-9H,(H2,20,24)(H,21,25). The molecule has 0 saturated carbocycles. The molecule has 0 radical (unpaired) electrons. The number of nitrogens with zero attached hydrogens (tertiary/aromatic N) is 2. The molecule has 0 spiro atoms. The number of carbonyl (C=O) groups excluding carboxylic acids is 2. The van der Waals surface area contributed by atoms with Gasteiger partial charge in [-0.2, -0.15) is 5.10 Å². The van der Waals surface area contributed by atoms with Gasteiger partial charge in [0.2, 0.25) is 0 Å². The third kappa shape index (κ3) is 3.52. The largest absolute Gasteiger partial charge is 0.366 e. The van der Waals surface area contributed by atoms with Gasteiger partial charge >= 0.3 is 0 Å². The Hall–Kier alpha value is -3.55. The molecule has 0 aliphatic carbocycles. The fourth-order valence-corrected chi connectivity index (χ4v) is 2.17. The molecule has 1 heterocycles. The Bertz CT molecular complexity index is 952. The highest BCUT2D eigenvalue weighted by atomic mass is 19.1. The van der Waals surface area contributed by atoms with Crippen molar-refractivity contribution in [2.75, 3.05) is 5.32 Å². The Kier molecular flexibility index (Phi) is 4.25. The number of carbonyl (C=O) groups is 2. The molecule has 8 heteroatoms. The first kappa shape index (κ1) is 16.3. The first-order chi connectivity index (χ1) is 11.9. The molecule has 6 nitrogen and oxygen atoms in total. The molecule has 0 bridgehead atoms. The number of hydrogen-bond acceptors (Lipinski definition) is 3. The van der Waals surface area contributed by atoms with Crippen LogP contribution in [0.1, 0.15) is 20.8 Å². The monoisotopic (exact) mass is 342 g/mol. The summed E-state index contributed by atoms with van der Waals surface area (Å²) >= 11 is 0. The molecule has 3 aromatic rings. The van der Waals surface area contributed by atoms with Crippen LogP contribution in [0.3, 0.4) is 0 Å². The quantitative estimate of drug-likeness (QED) is 0.763. The Morgan fingerprint density at radius 1 is 1.04 bits per heavy atom. The average Bonchev–Trinajstić information content (AvgIpc) is 3.05. The molecule has 3 rings (SSSR count). The molecule has 126 valence electrons. The number of amides is 2. The Morgan fingerprint density at radius 2 is 1.76 bits per heavy atom. The lowest BCUT2D eigenvalue weighted by molar-refractivity contribution is 0.0994. The van der Waals surface area contributed by atoms with Crippen LogP contribution in [-0.2, 0) is 0 Å². The third-order valence-electron chi connectivity index (χ3n) is 3.41. The van der Waals surface area contributed by atoms with Crippen molar-refractivity contribution in [3.63, 3.8) is 0 Å². The number of anilines is 1. The van der Waals surface area contributed by atoms with Gasteiger partial charge in [-0.25, -0.2) is 13.5 Å². The summed E-state index contributed by atoms with van der Waals surface area (Å²) in [6, 6.07) is 10.6. The van der Waals surface area contributed by atoms with E-state index in [9.17, 15) is 18.4 Å². The molecule has 3 N–H and O–H groups in total. The van der Waals surface area contributed by atoms with Crippen LogP contribution in [0.5, 0.6) is 0 Å². The topological polar surface area (TPSA) is 90.0 Å². The average molecular weight is 342 g/mol. The number of primary amides is 1. The second kappa shape index (κ2) is 6.52. The summed E-state index contributed by atoms with van der Waals surface area (Å²) in [7, 11) is 0. The number of benzene rings is 2. The van der Waals surface area contributed by atoms with Gasteiger partial charge in [-0.1, -0.05) is 0 Å². The summed E-state index contributed by atoms with van der Waals surface area (Å²) in [5.41, 5.74) is 5.58. The summed E-state index contributed by atoms with van der Waals surface area (Å²) in [6.45, 7) is 0. The van der Waals surface area contributed by atoms with Crippen molar-refractivity contribution in [1.82, 2.24) is 9.78 Å². The van der Waals surface area contributed by atoms with Gasteiger partial charge in [0.1, 0.15) is 11.6 Å². The molecule has 0 fully saturated rings. The predicted octanol–water partition coefficient (Wildman–Crippen LogP) is 2.50. The highest BCUT2D eigenvalue weighted by molar-refractivity contribution is 6.03. The van der Waals surface area contributed by atoms with Crippen molar-refractivity contribution in [3.05, 3.63) is 77.6 Å². The van der Waals surface area contributed by atoms with Gasteiger partial charge in [-0.3, -0.25) is 9.59 Å². The van der Waals surface area contributed by atoms with Crippen LogP contribution in [-0.4, -0.2) is 21.6 Å². The van der Waals surface area contributed by atoms with Crippen molar-refractivity contribution in [1.29, 1.82) is 0 Å². The van der Waals surface area contributed by atoms with Crippen LogP contribution in [0.2, 0.25) is 0 Å². The van der Waals surface area contributed by atoms with Crippen LogP contribution < -0.4 is 11.1 Å². The highest BCUT2D eigenvalue weighted by Crippen LogP contribution is 2.15. The Morgan fingerprint density at radius 3 is 2.40 bits per heavy atom. The second-order valence-electron chi connectivity index (χ2n) is 5.13. The lowest BCUT2D eigenvalue weighted by Crippen LogP contribution is -2.15. The van der Waals surface area contributed by atoms with Crippen molar-refractivity contribution >= 4 is 17.5 Å². The lowest BCUT2D eigenvalue weighted by atomic mass is 10.2. The van der Waals surface area contributed by atoms with Gasteiger partial charge in [0.25, 0.3) is 11.8 Å². The maximum absolute atomic E-state index is 13.7. The first-order valence-electron chi connectivity index (χ1n) is 7.16. The van der Waals surface area contributed by atoms with Crippen LogP contribution in [0.4, 0.5) is 14.5 Å². The van der Waals surface area contributed by atoms with Gasteiger partial charge in [-0.05, 0) is 48.5 Å². The van der Waals surface area contributed by atoms with Crippen molar-refractivity contribution in [3.8, 4) is 5.69 Å². The van der Waals surface area contributed by atoms with E-state index in [4.69, 9.17) is 5.73 Å². The molecule has 1 aromatic heterocycles. The van der Waals surface area contributed by atoms with Crippen molar-refractivity contribution < 1.29 is 18.4 Å². The molecule has 2 aromatic carbocycles. The first-order valence-corrected chi connectivity index (χ1v) is 7.16.